The van der Waals surface area contributed by atoms with Crippen LogP contribution in [0.15, 0.2) is 39.9 Å². The Balaban J connectivity index is 1.94. The molecule has 0 aliphatic rings. The van der Waals surface area contributed by atoms with Gasteiger partial charge in [-0.3, -0.25) is 24.0 Å². The summed E-state index contributed by atoms with van der Waals surface area (Å²) in [4.78, 5) is 40.5. The Morgan fingerprint density at radius 1 is 1.21 bits per heavy atom. The molecule has 0 saturated carbocycles. The molecule has 9 nitrogen and oxygen atoms in total. The zero-order chi connectivity index (χ0) is 20.5. The Kier molecular flexibility index (Phi) is 7.97. The van der Waals surface area contributed by atoms with Gasteiger partial charge in [0.25, 0.3) is 5.56 Å². The molecule has 2 rings (SSSR count). The van der Waals surface area contributed by atoms with Gasteiger partial charge in [-0.05, 0) is 25.6 Å². The van der Waals surface area contributed by atoms with E-state index in [0.717, 1.165) is 10.3 Å². The number of aromatic nitrogens is 2. The lowest BCUT2D eigenvalue weighted by Gasteiger charge is -2.17. The standard InChI is InChI=1S/C19H26N4O5/c1-22(9-6-11-28-14-7-4-3-5-8-14)13-15(24)16-17(20)23(10-12-27-2)19(26)21-18(16)25/h3-5,7-8H,6,9-13,20H2,1-2H3,(H,21,25,26). The zero-order valence-electron chi connectivity index (χ0n) is 16.1. The fourth-order valence-electron chi connectivity index (χ4n) is 2.71. The van der Waals surface area contributed by atoms with Crippen LogP contribution in [0.25, 0.3) is 0 Å². The highest BCUT2D eigenvalue weighted by atomic mass is 16.5. The maximum Gasteiger partial charge on any atom is 0.330 e. The number of methoxy groups -OCH3 is 1. The average molecular weight is 390 g/mol. The lowest BCUT2D eigenvalue weighted by Crippen LogP contribution is -2.39. The van der Waals surface area contributed by atoms with E-state index in [4.69, 9.17) is 15.2 Å². The quantitative estimate of drug-likeness (QED) is 0.420. The van der Waals surface area contributed by atoms with E-state index in [1.54, 1.807) is 11.9 Å². The largest absolute Gasteiger partial charge is 0.494 e. The lowest BCUT2D eigenvalue weighted by atomic mass is 10.2. The van der Waals surface area contributed by atoms with Gasteiger partial charge in [0.15, 0.2) is 5.78 Å². The second-order valence-corrected chi connectivity index (χ2v) is 6.34. The number of hydrogen-bond acceptors (Lipinski definition) is 7. The van der Waals surface area contributed by atoms with Gasteiger partial charge in [-0.2, -0.15) is 0 Å². The van der Waals surface area contributed by atoms with Gasteiger partial charge in [0, 0.05) is 13.7 Å². The molecule has 1 aromatic heterocycles. The molecule has 0 aliphatic carbocycles. The number of benzene rings is 1. The number of nitrogens with one attached hydrogen (secondary N) is 1. The molecule has 0 bridgehead atoms. The zero-order valence-corrected chi connectivity index (χ0v) is 16.1. The Morgan fingerprint density at radius 3 is 2.61 bits per heavy atom. The van der Waals surface area contributed by atoms with Crippen molar-refractivity contribution in [3.8, 4) is 5.75 Å². The van der Waals surface area contributed by atoms with Crippen LogP contribution in [0.3, 0.4) is 0 Å². The molecular formula is C19H26N4O5. The third kappa shape index (κ3) is 5.80. The topological polar surface area (TPSA) is 120 Å². The van der Waals surface area contributed by atoms with Crippen LogP contribution in [0.1, 0.15) is 16.8 Å². The number of ether oxygens (including phenoxy) is 2. The number of rotatable bonds is 11. The van der Waals surface area contributed by atoms with Crippen molar-refractivity contribution in [1.82, 2.24) is 14.5 Å². The minimum Gasteiger partial charge on any atom is -0.494 e. The first kappa shape index (κ1) is 21.4. The van der Waals surface area contributed by atoms with Crippen LogP contribution < -0.4 is 21.7 Å². The van der Waals surface area contributed by atoms with E-state index in [1.807, 2.05) is 30.3 Å². The van der Waals surface area contributed by atoms with Crippen molar-refractivity contribution < 1.29 is 14.3 Å². The molecular weight excluding hydrogens is 364 g/mol. The number of nitrogens with zero attached hydrogens (tertiary/aromatic N) is 2. The number of nitrogens with two attached hydrogens (primary N) is 1. The maximum absolute atomic E-state index is 12.6. The Labute approximate surface area is 162 Å². The first-order chi connectivity index (χ1) is 13.4. The number of Topliss-reactive ketones (excluding diaryl/α,β-unsaturated/α-hetero) is 1. The minimum absolute atomic E-state index is 0.00109. The third-order valence-electron chi connectivity index (χ3n) is 4.15. The number of H-pyrrole nitrogens is 1. The molecule has 0 amide bonds. The monoisotopic (exact) mass is 390 g/mol. The number of anilines is 1. The van der Waals surface area contributed by atoms with Gasteiger partial charge < -0.3 is 15.2 Å². The Hall–Kier alpha value is -2.91. The van der Waals surface area contributed by atoms with Crippen LogP contribution in [0, 0.1) is 0 Å². The summed E-state index contributed by atoms with van der Waals surface area (Å²) in [6, 6.07) is 9.46. The summed E-state index contributed by atoms with van der Waals surface area (Å²) in [7, 11) is 3.25. The molecule has 9 heteroatoms. The number of ketones is 1. The highest BCUT2D eigenvalue weighted by Crippen LogP contribution is 2.09. The van der Waals surface area contributed by atoms with Crippen molar-refractivity contribution >= 4 is 11.6 Å². The summed E-state index contributed by atoms with van der Waals surface area (Å²) in [5.41, 5.74) is 4.27. The second-order valence-electron chi connectivity index (χ2n) is 6.34. The lowest BCUT2D eigenvalue weighted by molar-refractivity contribution is 0.0941. The minimum atomic E-state index is -0.776. The predicted molar refractivity (Wildman–Crippen MR) is 106 cm³/mol. The summed E-state index contributed by atoms with van der Waals surface area (Å²) in [6.45, 7) is 1.48. The highest BCUT2D eigenvalue weighted by Gasteiger charge is 2.20. The van der Waals surface area contributed by atoms with E-state index < -0.39 is 17.0 Å². The molecule has 1 aromatic carbocycles. The molecule has 0 atom stereocenters. The summed E-state index contributed by atoms with van der Waals surface area (Å²) < 4.78 is 11.7. The molecule has 0 spiro atoms. The van der Waals surface area contributed by atoms with E-state index in [-0.39, 0.29) is 31.1 Å². The number of carbonyl (C=O) groups is 1. The van der Waals surface area contributed by atoms with Gasteiger partial charge in [0.05, 0.1) is 26.3 Å². The molecule has 28 heavy (non-hydrogen) atoms. The fraction of sp³-hybridized carbons (Fsp3) is 0.421. The van der Waals surface area contributed by atoms with Gasteiger partial charge >= 0.3 is 5.69 Å². The molecule has 152 valence electrons. The molecule has 0 unspecified atom stereocenters. The first-order valence-corrected chi connectivity index (χ1v) is 8.95. The fourth-order valence-corrected chi connectivity index (χ4v) is 2.71. The predicted octanol–water partition coefficient (Wildman–Crippen LogP) is 0.349. The van der Waals surface area contributed by atoms with Crippen LogP contribution in [0.4, 0.5) is 5.82 Å². The number of likely N-dealkylation sites (N-methyl/N-ethyl adjacent to an activating group) is 1. The van der Waals surface area contributed by atoms with E-state index in [9.17, 15) is 14.4 Å². The summed E-state index contributed by atoms with van der Waals surface area (Å²) in [5, 5.41) is 0. The third-order valence-corrected chi connectivity index (χ3v) is 4.15. The highest BCUT2D eigenvalue weighted by molar-refractivity contribution is 6.01. The SMILES string of the molecule is COCCn1c(N)c(C(=O)CN(C)CCCOc2ccccc2)c(=O)[nH]c1=O. The van der Waals surface area contributed by atoms with Crippen molar-refractivity contribution in [2.45, 2.75) is 13.0 Å². The molecule has 0 fully saturated rings. The van der Waals surface area contributed by atoms with Gasteiger partial charge in [0.1, 0.15) is 17.1 Å². The van der Waals surface area contributed by atoms with Crippen LogP contribution in [-0.2, 0) is 11.3 Å². The molecule has 0 saturated heterocycles. The van der Waals surface area contributed by atoms with Crippen molar-refractivity contribution in [2.24, 2.45) is 0 Å². The number of nitrogen functional groups attached to an aromatic ring is 1. The molecule has 0 aliphatic heterocycles. The molecule has 3 N–H and O–H groups in total. The first-order valence-electron chi connectivity index (χ1n) is 8.95. The smallest absolute Gasteiger partial charge is 0.330 e. The number of hydrogen-bond donors (Lipinski definition) is 2. The van der Waals surface area contributed by atoms with Gasteiger partial charge in [0.2, 0.25) is 0 Å². The Bertz CT molecular complexity index is 891. The summed E-state index contributed by atoms with van der Waals surface area (Å²) in [5.74, 6) is 0.201. The Morgan fingerprint density at radius 2 is 1.93 bits per heavy atom. The number of para-hydroxylation sites is 1. The van der Waals surface area contributed by atoms with Gasteiger partial charge in [-0.1, -0.05) is 18.2 Å². The number of carbonyl (C=O) groups excluding carboxylic acids is 1. The molecule has 1 heterocycles. The van der Waals surface area contributed by atoms with E-state index in [2.05, 4.69) is 4.98 Å². The van der Waals surface area contributed by atoms with Crippen LogP contribution >= 0.6 is 0 Å². The van der Waals surface area contributed by atoms with E-state index >= 15 is 0 Å². The van der Waals surface area contributed by atoms with Gasteiger partial charge in [-0.15, -0.1) is 0 Å². The van der Waals surface area contributed by atoms with Crippen molar-refractivity contribution in [2.75, 3.05) is 46.2 Å². The van der Waals surface area contributed by atoms with Crippen molar-refractivity contribution in [3.05, 3.63) is 56.7 Å². The van der Waals surface area contributed by atoms with Crippen molar-refractivity contribution in [1.29, 1.82) is 0 Å². The van der Waals surface area contributed by atoms with E-state index in [0.29, 0.717) is 19.6 Å². The normalized spacial score (nSPS) is 11.0. The maximum atomic E-state index is 12.6. The van der Waals surface area contributed by atoms with Crippen LogP contribution in [-0.4, -0.2) is 60.7 Å². The summed E-state index contributed by atoms with van der Waals surface area (Å²) >= 11 is 0. The van der Waals surface area contributed by atoms with Crippen LogP contribution in [0.2, 0.25) is 0 Å². The average Bonchev–Trinajstić information content (AvgIpc) is 2.65. The summed E-state index contributed by atoms with van der Waals surface area (Å²) in [6.07, 6.45) is 0.706. The van der Waals surface area contributed by atoms with Gasteiger partial charge in [-0.25, -0.2) is 4.79 Å². The van der Waals surface area contributed by atoms with E-state index in [1.165, 1.54) is 7.11 Å². The molecule has 0 radical (unpaired) electrons. The number of aromatic amines is 1. The van der Waals surface area contributed by atoms with Crippen LogP contribution in [0.5, 0.6) is 5.75 Å². The van der Waals surface area contributed by atoms with Crippen molar-refractivity contribution in [3.63, 3.8) is 0 Å². The second kappa shape index (κ2) is 10.4. The molecule has 2 aromatic rings.